The van der Waals surface area contributed by atoms with Crippen molar-refractivity contribution in [2.45, 2.75) is 13.1 Å². The molecule has 2 aromatic heterocycles. The second-order valence-corrected chi connectivity index (χ2v) is 2.90. The Bertz CT molecular complexity index is 404. The van der Waals surface area contributed by atoms with Gasteiger partial charge < -0.3 is 4.57 Å². The maximum Gasteiger partial charge on any atom is 0.168 e. The van der Waals surface area contributed by atoms with Gasteiger partial charge in [-0.05, 0) is 6.07 Å². The quantitative estimate of drug-likeness (QED) is 0.663. The van der Waals surface area contributed by atoms with Gasteiger partial charge >= 0.3 is 0 Å². The van der Waals surface area contributed by atoms with Crippen molar-refractivity contribution in [2.24, 2.45) is 0 Å². The van der Waals surface area contributed by atoms with Gasteiger partial charge in [0.25, 0.3) is 0 Å². The number of imidazole rings is 1. The first kappa shape index (κ1) is 8.68. The molecule has 2 heterocycles. The molecule has 0 fully saturated rings. The van der Waals surface area contributed by atoms with E-state index in [9.17, 15) is 4.79 Å². The van der Waals surface area contributed by atoms with Crippen molar-refractivity contribution < 1.29 is 4.79 Å². The Morgan fingerprint density at radius 1 is 1.43 bits per heavy atom. The molecule has 0 unspecified atom stereocenters. The minimum atomic E-state index is 0.595. The van der Waals surface area contributed by atoms with Gasteiger partial charge in [-0.1, -0.05) is 0 Å². The number of rotatable bonds is 4. The third-order valence-electron chi connectivity index (χ3n) is 1.99. The molecule has 0 aliphatic heterocycles. The van der Waals surface area contributed by atoms with Crippen LogP contribution in [-0.4, -0.2) is 25.6 Å². The molecule has 5 nitrogen and oxygen atoms in total. The second-order valence-electron chi connectivity index (χ2n) is 2.90. The highest BCUT2D eigenvalue weighted by Crippen LogP contribution is 1.96. The highest BCUT2D eigenvalue weighted by atomic mass is 16.1. The number of hydrogen-bond donors (Lipinski definition) is 0. The molecule has 0 aliphatic carbocycles. The van der Waals surface area contributed by atoms with E-state index < -0.39 is 0 Å². The molecule has 14 heavy (non-hydrogen) atoms. The molecule has 0 radical (unpaired) electrons. The lowest BCUT2D eigenvalue weighted by atomic mass is 10.5. The van der Waals surface area contributed by atoms with Crippen molar-refractivity contribution in [3.8, 4) is 0 Å². The van der Waals surface area contributed by atoms with Crippen LogP contribution in [0.1, 0.15) is 10.5 Å². The van der Waals surface area contributed by atoms with Gasteiger partial charge in [-0.2, -0.15) is 5.10 Å². The lowest BCUT2D eigenvalue weighted by Gasteiger charge is -2.03. The Hall–Kier alpha value is -1.91. The van der Waals surface area contributed by atoms with Gasteiger partial charge in [0, 0.05) is 18.9 Å². The van der Waals surface area contributed by atoms with Crippen molar-refractivity contribution in [1.29, 1.82) is 0 Å². The molecule has 2 aromatic rings. The first-order valence-corrected chi connectivity index (χ1v) is 4.33. The molecule has 0 aliphatic rings. The highest BCUT2D eigenvalue weighted by Gasteiger charge is 1.99. The molecule has 0 N–H and O–H groups in total. The third kappa shape index (κ3) is 1.71. The molecule has 0 spiro atoms. The maximum absolute atomic E-state index is 10.6. The minimum Gasteiger partial charge on any atom is -0.327 e. The van der Waals surface area contributed by atoms with Crippen LogP contribution in [0, 0.1) is 0 Å². The van der Waals surface area contributed by atoms with Gasteiger partial charge in [-0.25, -0.2) is 4.98 Å². The summed E-state index contributed by atoms with van der Waals surface area (Å²) in [5.74, 6) is 0. The highest BCUT2D eigenvalue weighted by molar-refractivity contribution is 5.71. The van der Waals surface area contributed by atoms with E-state index in [-0.39, 0.29) is 0 Å². The molecule has 0 saturated heterocycles. The van der Waals surface area contributed by atoms with Gasteiger partial charge in [-0.15, -0.1) is 0 Å². The van der Waals surface area contributed by atoms with Crippen LogP contribution in [-0.2, 0) is 13.1 Å². The van der Waals surface area contributed by atoms with E-state index in [1.54, 1.807) is 23.3 Å². The zero-order chi connectivity index (χ0) is 9.80. The molecule has 5 heteroatoms. The smallest absolute Gasteiger partial charge is 0.168 e. The predicted octanol–water partition coefficient (Wildman–Crippen LogP) is 0.592. The number of aldehydes is 1. The Morgan fingerprint density at radius 2 is 2.36 bits per heavy atom. The number of carbonyl (C=O) groups is 1. The van der Waals surface area contributed by atoms with Crippen LogP contribution in [0.4, 0.5) is 0 Å². The van der Waals surface area contributed by atoms with Crippen molar-refractivity contribution >= 4 is 6.29 Å². The summed E-state index contributed by atoms with van der Waals surface area (Å²) in [5.41, 5.74) is 0.595. The first-order valence-electron chi connectivity index (χ1n) is 4.33. The molecule has 0 saturated carbocycles. The number of nitrogens with zero attached hydrogens (tertiary/aromatic N) is 4. The van der Waals surface area contributed by atoms with Crippen molar-refractivity contribution in [3.05, 3.63) is 36.7 Å². The fraction of sp³-hybridized carbons (Fsp3) is 0.222. The van der Waals surface area contributed by atoms with E-state index in [0.29, 0.717) is 12.2 Å². The summed E-state index contributed by atoms with van der Waals surface area (Å²) in [6.07, 6.45) is 7.62. The number of aryl methyl sites for hydroxylation is 2. The van der Waals surface area contributed by atoms with Gasteiger partial charge in [0.1, 0.15) is 5.69 Å². The monoisotopic (exact) mass is 190 g/mol. The van der Waals surface area contributed by atoms with Crippen LogP contribution in [0.2, 0.25) is 0 Å². The molecule has 0 amide bonds. The van der Waals surface area contributed by atoms with Crippen molar-refractivity contribution in [2.75, 3.05) is 0 Å². The predicted molar refractivity (Wildman–Crippen MR) is 49.8 cm³/mol. The molecular weight excluding hydrogens is 180 g/mol. The van der Waals surface area contributed by atoms with E-state index in [4.69, 9.17) is 0 Å². The average Bonchev–Trinajstić information content (AvgIpc) is 2.85. The summed E-state index contributed by atoms with van der Waals surface area (Å²) in [5, 5.41) is 4.07. The molecular formula is C9H10N4O. The third-order valence-corrected chi connectivity index (χ3v) is 1.99. The summed E-state index contributed by atoms with van der Waals surface area (Å²) < 4.78 is 3.61. The fourth-order valence-corrected chi connectivity index (χ4v) is 1.26. The lowest BCUT2D eigenvalue weighted by molar-refractivity contribution is 0.111. The van der Waals surface area contributed by atoms with E-state index >= 15 is 0 Å². The Kier molecular flexibility index (Phi) is 2.40. The number of aromatic nitrogens is 4. The van der Waals surface area contributed by atoms with Gasteiger partial charge in [0.05, 0.1) is 19.1 Å². The van der Waals surface area contributed by atoms with E-state index in [2.05, 4.69) is 10.1 Å². The van der Waals surface area contributed by atoms with Crippen LogP contribution in [0.3, 0.4) is 0 Å². The summed E-state index contributed by atoms with van der Waals surface area (Å²) in [4.78, 5) is 14.5. The molecule has 2 rings (SSSR count). The van der Waals surface area contributed by atoms with Crippen LogP contribution < -0.4 is 0 Å². The minimum absolute atomic E-state index is 0.595. The SMILES string of the molecule is O=Cc1cncn1CCn1cccn1. The summed E-state index contributed by atoms with van der Waals surface area (Å²) in [7, 11) is 0. The van der Waals surface area contributed by atoms with Crippen molar-refractivity contribution in [3.63, 3.8) is 0 Å². The van der Waals surface area contributed by atoms with Crippen LogP contribution in [0.15, 0.2) is 31.0 Å². The maximum atomic E-state index is 10.6. The van der Waals surface area contributed by atoms with E-state index in [0.717, 1.165) is 12.8 Å². The number of carbonyl (C=O) groups excluding carboxylic acids is 1. The topological polar surface area (TPSA) is 52.7 Å². The van der Waals surface area contributed by atoms with Gasteiger partial charge in [0.2, 0.25) is 0 Å². The molecule has 0 aromatic carbocycles. The van der Waals surface area contributed by atoms with Gasteiger partial charge in [0.15, 0.2) is 6.29 Å². The second kappa shape index (κ2) is 3.87. The van der Waals surface area contributed by atoms with Crippen LogP contribution in [0.5, 0.6) is 0 Å². The Balaban J connectivity index is 2.01. The fourth-order valence-electron chi connectivity index (χ4n) is 1.26. The average molecular weight is 190 g/mol. The Morgan fingerprint density at radius 3 is 3.07 bits per heavy atom. The van der Waals surface area contributed by atoms with Crippen LogP contribution in [0.25, 0.3) is 0 Å². The zero-order valence-corrected chi connectivity index (χ0v) is 7.58. The van der Waals surface area contributed by atoms with E-state index in [1.165, 1.54) is 0 Å². The molecule has 0 bridgehead atoms. The zero-order valence-electron chi connectivity index (χ0n) is 7.58. The van der Waals surface area contributed by atoms with E-state index in [1.807, 2.05) is 16.9 Å². The largest absolute Gasteiger partial charge is 0.327 e. The molecule has 0 atom stereocenters. The number of hydrogen-bond acceptors (Lipinski definition) is 3. The summed E-state index contributed by atoms with van der Waals surface area (Å²) in [6, 6.07) is 1.87. The first-order chi connectivity index (χ1) is 6.90. The van der Waals surface area contributed by atoms with Gasteiger partial charge in [-0.3, -0.25) is 9.48 Å². The summed E-state index contributed by atoms with van der Waals surface area (Å²) >= 11 is 0. The lowest BCUT2D eigenvalue weighted by Crippen LogP contribution is -2.08. The summed E-state index contributed by atoms with van der Waals surface area (Å²) in [6.45, 7) is 1.44. The van der Waals surface area contributed by atoms with Crippen molar-refractivity contribution in [1.82, 2.24) is 19.3 Å². The standard InChI is InChI=1S/C9H10N4O/c14-7-9-6-10-8-12(9)4-5-13-3-1-2-11-13/h1-3,6-8H,4-5H2. The normalized spacial score (nSPS) is 10.3. The molecule has 72 valence electrons. The van der Waals surface area contributed by atoms with Crippen LogP contribution >= 0.6 is 0 Å². The Labute approximate surface area is 81.0 Å².